The van der Waals surface area contributed by atoms with Gasteiger partial charge in [0, 0.05) is 22.5 Å². The molecule has 0 fully saturated rings. The molecule has 1 aromatic heterocycles. The molecule has 0 amide bonds. The van der Waals surface area contributed by atoms with E-state index < -0.39 is 0 Å². The number of halogens is 1. The summed E-state index contributed by atoms with van der Waals surface area (Å²) in [6.07, 6.45) is 5.90. The Morgan fingerprint density at radius 1 is 1.33 bits per heavy atom. The van der Waals surface area contributed by atoms with Crippen LogP contribution in [0.5, 0.6) is 0 Å². The molecule has 0 unspecified atom stereocenters. The van der Waals surface area contributed by atoms with Crippen molar-refractivity contribution >= 4 is 15.9 Å². The molecule has 0 bridgehead atoms. The van der Waals surface area contributed by atoms with Crippen LogP contribution in [-0.2, 0) is 12.8 Å². The second-order valence-electron chi connectivity index (χ2n) is 3.12. The Morgan fingerprint density at radius 2 is 2.08 bits per heavy atom. The van der Waals surface area contributed by atoms with Gasteiger partial charge in [-0.2, -0.15) is 4.73 Å². The van der Waals surface area contributed by atoms with Gasteiger partial charge in [0.1, 0.15) is 0 Å². The molecule has 0 saturated carbocycles. The fraction of sp³-hybridized carbons (Fsp3) is 0.444. The third-order valence-electron chi connectivity index (χ3n) is 2.35. The maximum atomic E-state index is 11.3. The molecule has 2 rings (SSSR count). The average molecular weight is 228 g/mol. The van der Waals surface area contributed by atoms with Gasteiger partial charge in [-0.05, 0) is 19.3 Å². The molecule has 1 heterocycles. The van der Waals surface area contributed by atoms with Crippen molar-refractivity contribution in [2.75, 3.05) is 0 Å². The maximum Gasteiger partial charge on any atom is 0.197 e. The van der Waals surface area contributed by atoms with Crippen molar-refractivity contribution in [1.29, 1.82) is 0 Å². The third-order valence-corrected chi connectivity index (χ3v) is 3.09. The van der Waals surface area contributed by atoms with Crippen molar-refractivity contribution in [2.24, 2.45) is 0 Å². The van der Waals surface area contributed by atoms with Crippen molar-refractivity contribution in [3.63, 3.8) is 0 Å². The minimum absolute atomic E-state index is 0.929. The molecule has 2 nitrogen and oxygen atoms in total. The van der Waals surface area contributed by atoms with E-state index >= 15 is 0 Å². The molecule has 12 heavy (non-hydrogen) atoms. The van der Waals surface area contributed by atoms with E-state index in [2.05, 4.69) is 15.9 Å². The summed E-state index contributed by atoms with van der Waals surface area (Å²) < 4.78 is 2.09. The fourth-order valence-corrected chi connectivity index (χ4v) is 2.26. The van der Waals surface area contributed by atoms with Crippen LogP contribution in [0.15, 0.2) is 16.7 Å². The molecule has 0 radical (unpaired) electrons. The van der Waals surface area contributed by atoms with Gasteiger partial charge >= 0.3 is 0 Å². The first kappa shape index (κ1) is 8.05. The molecule has 1 aliphatic carbocycles. The Labute approximate surface area is 79.9 Å². The molecule has 0 spiro atoms. The molecule has 0 saturated heterocycles. The van der Waals surface area contributed by atoms with E-state index in [4.69, 9.17) is 0 Å². The standard InChI is InChI=1S/C9H10BrNO/c10-8-5-6-11(12)9-4-2-1-3-7(8)9/h5-6H,1-4H2. The first-order valence-electron chi connectivity index (χ1n) is 4.18. The van der Waals surface area contributed by atoms with Crippen molar-refractivity contribution in [1.82, 2.24) is 0 Å². The minimum atomic E-state index is 0.929. The van der Waals surface area contributed by atoms with Crippen molar-refractivity contribution in [3.8, 4) is 0 Å². The van der Waals surface area contributed by atoms with Crippen LogP contribution in [0.4, 0.5) is 0 Å². The molecule has 0 aromatic carbocycles. The third kappa shape index (κ3) is 1.22. The van der Waals surface area contributed by atoms with Crippen LogP contribution in [0.25, 0.3) is 0 Å². The molecule has 3 heteroatoms. The van der Waals surface area contributed by atoms with E-state index in [1.165, 1.54) is 12.0 Å². The van der Waals surface area contributed by atoms with Crippen LogP contribution in [0.2, 0.25) is 0 Å². The Morgan fingerprint density at radius 3 is 2.83 bits per heavy atom. The lowest BCUT2D eigenvalue weighted by Gasteiger charge is -2.15. The van der Waals surface area contributed by atoms with Crippen LogP contribution < -0.4 is 4.73 Å². The predicted octanol–water partition coefficient (Wildman–Crippen LogP) is 1.96. The second kappa shape index (κ2) is 3.05. The largest absolute Gasteiger partial charge is 0.618 e. The quantitative estimate of drug-likeness (QED) is 0.492. The molecule has 0 atom stereocenters. The van der Waals surface area contributed by atoms with Gasteiger partial charge in [-0.3, -0.25) is 0 Å². The summed E-state index contributed by atoms with van der Waals surface area (Å²) >= 11 is 3.46. The van der Waals surface area contributed by atoms with Crippen molar-refractivity contribution in [2.45, 2.75) is 25.7 Å². The van der Waals surface area contributed by atoms with E-state index in [0.29, 0.717) is 0 Å². The molecule has 1 aliphatic rings. The van der Waals surface area contributed by atoms with Gasteiger partial charge in [0.2, 0.25) is 0 Å². The number of pyridine rings is 1. The predicted molar refractivity (Wildman–Crippen MR) is 49.7 cm³/mol. The van der Waals surface area contributed by atoms with Gasteiger partial charge in [0.15, 0.2) is 11.9 Å². The van der Waals surface area contributed by atoms with Crippen LogP contribution in [0.3, 0.4) is 0 Å². The van der Waals surface area contributed by atoms with E-state index in [9.17, 15) is 5.21 Å². The summed E-state index contributed by atoms with van der Waals surface area (Å²) in [6.45, 7) is 0. The molecular weight excluding hydrogens is 218 g/mol. The highest BCUT2D eigenvalue weighted by molar-refractivity contribution is 9.10. The highest BCUT2D eigenvalue weighted by Gasteiger charge is 2.19. The van der Waals surface area contributed by atoms with Gasteiger partial charge in [-0.15, -0.1) is 0 Å². The lowest BCUT2D eigenvalue weighted by Crippen LogP contribution is -2.34. The number of nitrogens with zero attached hydrogens (tertiary/aromatic N) is 1. The van der Waals surface area contributed by atoms with Crippen LogP contribution in [-0.4, -0.2) is 0 Å². The van der Waals surface area contributed by atoms with E-state index in [1.807, 2.05) is 6.07 Å². The van der Waals surface area contributed by atoms with E-state index in [0.717, 1.165) is 34.2 Å². The highest BCUT2D eigenvalue weighted by Crippen LogP contribution is 2.24. The summed E-state index contributed by atoms with van der Waals surface area (Å²) in [6, 6.07) is 1.83. The first-order valence-corrected chi connectivity index (χ1v) is 4.98. The van der Waals surface area contributed by atoms with Crippen LogP contribution in [0.1, 0.15) is 24.1 Å². The van der Waals surface area contributed by atoms with E-state index in [-0.39, 0.29) is 0 Å². The number of hydrogen-bond donors (Lipinski definition) is 0. The minimum Gasteiger partial charge on any atom is -0.618 e. The van der Waals surface area contributed by atoms with Gasteiger partial charge in [0.25, 0.3) is 0 Å². The zero-order valence-corrected chi connectivity index (χ0v) is 8.30. The van der Waals surface area contributed by atoms with Gasteiger partial charge in [0.05, 0.1) is 0 Å². The normalized spacial score (nSPS) is 15.8. The lowest BCUT2D eigenvalue weighted by atomic mass is 9.96. The number of aromatic nitrogens is 1. The lowest BCUT2D eigenvalue weighted by molar-refractivity contribution is -0.615. The van der Waals surface area contributed by atoms with Gasteiger partial charge < -0.3 is 5.21 Å². The Kier molecular flexibility index (Phi) is 2.05. The summed E-state index contributed by atoms with van der Waals surface area (Å²) in [5.74, 6) is 0. The Balaban J connectivity index is 2.57. The van der Waals surface area contributed by atoms with Crippen LogP contribution >= 0.6 is 15.9 Å². The molecule has 0 aliphatic heterocycles. The molecular formula is C9H10BrNO. The summed E-state index contributed by atoms with van der Waals surface area (Å²) in [7, 11) is 0. The summed E-state index contributed by atoms with van der Waals surface area (Å²) in [5, 5.41) is 11.3. The summed E-state index contributed by atoms with van der Waals surface area (Å²) in [4.78, 5) is 0. The van der Waals surface area contributed by atoms with Crippen molar-refractivity contribution in [3.05, 3.63) is 33.2 Å². The fourth-order valence-electron chi connectivity index (χ4n) is 1.71. The maximum absolute atomic E-state index is 11.3. The van der Waals surface area contributed by atoms with Crippen LogP contribution in [0, 0.1) is 5.21 Å². The Bertz CT molecular complexity index is 281. The first-order chi connectivity index (χ1) is 5.79. The van der Waals surface area contributed by atoms with Gasteiger partial charge in [-0.25, -0.2) is 0 Å². The highest BCUT2D eigenvalue weighted by atomic mass is 79.9. The zero-order valence-electron chi connectivity index (χ0n) is 6.72. The average Bonchev–Trinajstić information content (AvgIpc) is 2.12. The topological polar surface area (TPSA) is 26.9 Å². The zero-order chi connectivity index (χ0) is 8.55. The molecule has 0 N–H and O–H groups in total. The number of fused-ring (bicyclic) bond motifs is 1. The summed E-state index contributed by atoms with van der Waals surface area (Å²) in [5.41, 5.74) is 2.16. The Hall–Kier alpha value is -0.570. The monoisotopic (exact) mass is 227 g/mol. The second-order valence-corrected chi connectivity index (χ2v) is 3.98. The van der Waals surface area contributed by atoms with Gasteiger partial charge in [-0.1, -0.05) is 15.9 Å². The van der Waals surface area contributed by atoms with E-state index in [1.54, 1.807) is 6.20 Å². The smallest absolute Gasteiger partial charge is 0.197 e. The molecule has 64 valence electrons. The SMILES string of the molecule is [O-][n+]1ccc(Br)c2c1CCCC2. The number of rotatable bonds is 0. The number of hydrogen-bond acceptors (Lipinski definition) is 1. The van der Waals surface area contributed by atoms with Crippen molar-refractivity contribution < 1.29 is 4.73 Å². The molecule has 1 aromatic rings.